The first-order valence-electron chi connectivity index (χ1n) is 3.86. The summed E-state index contributed by atoms with van der Waals surface area (Å²) in [6.07, 6.45) is 0. The number of aromatic nitrogens is 1. The van der Waals surface area contributed by atoms with Crippen molar-refractivity contribution in [3.63, 3.8) is 0 Å². The van der Waals surface area contributed by atoms with Gasteiger partial charge in [0.1, 0.15) is 6.04 Å². The third kappa shape index (κ3) is 2.43. The molecule has 0 aliphatic rings. The van der Waals surface area contributed by atoms with Gasteiger partial charge in [-0.25, -0.2) is 0 Å². The summed E-state index contributed by atoms with van der Waals surface area (Å²) in [5.74, 6) is 0. The Morgan fingerprint density at radius 1 is 1.69 bits per heavy atom. The van der Waals surface area contributed by atoms with Crippen LogP contribution < -0.4 is 0 Å². The molecule has 1 rings (SSSR count). The average Bonchev–Trinajstić information content (AvgIpc) is 2.14. The minimum Gasteiger partial charge on any atom is -0.396 e. The van der Waals surface area contributed by atoms with Crippen molar-refractivity contribution in [1.82, 2.24) is 4.98 Å². The molecule has 1 aromatic rings. The van der Waals surface area contributed by atoms with E-state index in [0.29, 0.717) is 5.69 Å². The molecule has 5 nitrogen and oxygen atoms in total. The molecule has 0 aromatic carbocycles. The van der Waals surface area contributed by atoms with E-state index in [9.17, 15) is 0 Å². The molecule has 0 saturated carbocycles. The molecule has 0 fully saturated rings. The first kappa shape index (κ1) is 9.51. The number of hydrogen-bond acceptors (Lipinski definition) is 3. The van der Waals surface area contributed by atoms with Gasteiger partial charge in [0.05, 0.1) is 12.3 Å². The number of rotatable bonds is 3. The highest BCUT2D eigenvalue weighted by Gasteiger charge is 2.08. The molecule has 1 heterocycles. The maximum atomic E-state index is 8.90. The Bertz CT molecular complexity index is 333. The van der Waals surface area contributed by atoms with Gasteiger partial charge in [0, 0.05) is 10.6 Å². The average molecular weight is 178 g/mol. The van der Waals surface area contributed by atoms with Crippen molar-refractivity contribution in [2.24, 2.45) is 5.11 Å². The molecule has 1 unspecified atom stereocenters. The van der Waals surface area contributed by atoms with Gasteiger partial charge in [-0.05, 0) is 24.6 Å². The number of hydrogen-bond donors (Lipinski definition) is 1. The Kier molecular flexibility index (Phi) is 3.25. The van der Waals surface area contributed by atoms with Crippen LogP contribution >= 0.6 is 0 Å². The summed E-state index contributed by atoms with van der Waals surface area (Å²) in [6, 6.07) is 4.80. The number of aliphatic hydroxyl groups is 1. The summed E-state index contributed by atoms with van der Waals surface area (Å²) >= 11 is 0. The molecule has 1 aromatic heterocycles. The number of aliphatic hydroxyl groups excluding tert-OH is 1. The Hall–Kier alpha value is -1.58. The van der Waals surface area contributed by atoms with Gasteiger partial charge in [-0.1, -0.05) is 11.2 Å². The molecule has 0 saturated heterocycles. The zero-order valence-electron chi connectivity index (χ0n) is 7.25. The molecule has 1 atom stereocenters. The van der Waals surface area contributed by atoms with E-state index in [0.717, 1.165) is 5.69 Å². The fraction of sp³-hybridized carbons (Fsp3) is 0.375. The molecule has 5 heteroatoms. The highest BCUT2D eigenvalue weighted by Crippen LogP contribution is 2.14. The Labute approximate surface area is 75.7 Å². The van der Waals surface area contributed by atoms with Crippen molar-refractivity contribution in [2.45, 2.75) is 13.0 Å². The second-order valence-corrected chi connectivity index (χ2v) is 2.61. The van der Waals surface area contributed by atoms with E-state index in [1.807, 2.05) is 19.1 Å². The molecule has 13 heavy (non-hydrogen) atoms. The highest BCUT2D eigenvalue weighted by molar-refractivity contribution is 5.13. The lowest BCUT2D eigenvalue weighted by Crippen LogP contribution is -2.03. The van der Waals surface area contributed by atoms with Gasteiger partial charge in [-0.15, -0.1) is 0 Å². The summed E-state index contributed by atoms with van der Waals surface area (Å²) < 4.78 is 0. The van der Waals surface area contributed by atoms with Gasteiger partial charge in [0.2, 0.25) is 0 Å². The normalized spacial score (nSPS) is 11.8. The highest BCUT2D eigenvalue weighted by atomic mass is 16.3. The molecule has 0 aliphatic carbocycles. The third-order valence-electron chi connectivity index (χ3n) is 1.62. The third-order valence-corrected chi connectivity index (χ3v) is 1.62. The molecule has 1 N–H and O–H groups in total. The van der Waals surface area contributed by atoms with Crippen LogP contribution in [0.2, 0.25) is 0 Å². The van der Waals surface area contributed by atoms with E-state index in [-0.39, 0.29) is 6.61 Å². The minimum atomic E-state index is -0.579. The quantitative estimate of drug-likeness (QED) is 0.434. The smallest absolute Gasteiger partial charge is 0.103 e. The van der Waals surface area contributed by atoms with E-state index < -0.39 is 6.04 Å². The van der Waals surface area contributed by atoms with E-state index in [1.165, 1.54) is 0 Å². The van der Waals surface area contributed by atoms with Crippen LogP contribution in [0.15, 0.2) is 23.3 Å². The lowest BCUT2D eigenvalue weighted by atomic mass is 10.2. The molecule has 68 valence electrons. The summed E-state index contributed by atoms with van der Waals surface area (Å²) in [6.45, 7) is 1.62. The fourth-order valence-corrected chi connectivity index (χ4v) is 1.00. The second-order valence-electron chi connectivity index (χ2n) is 2.61. The second kappa shape index (κ2) is 4.45. The fourth-order valence-electron chi connectivity index (χ4n) is 1.00. The number of pyridine rings is 1. The number of aryl methyl sites for hydroxylation is 1. The predicted octanol–water partition coefficient (Wildman–Crippen LogP) is 1.73. The van der Waals surface area contributed by atoms with Gasteiger partial charge in [-0.3, -0.25) is 4.98 Å². The Balaban J connectivity index is 2.97. The molecule has 0 bridgehead atoms. The Morgan fingerprint density at radius 2 is 2.46 bits per heavy atom. The first-order valence-corrected chi connectivity index (χ1v) is 3.86. The lowest BCUT2D eigenvalue weighted by Gasteiger charge is -2.06. The van der Waals surface area contributed by atoms with E-state index in [1.54, 1.807) is 6.07 Å². The molecular weight excluding hydrogens is 168 g/mol. The Morgan fingerprint density at radius 3 is 3.00 bits per heavy atom. The molecule has 0 radical (unpaired) electrons. The zero-order chi connectivity index (χ0) is 9.68. The molecule has 0 amide bonds. The molecular formula is C8H10N4O. The van der Waals surface area contributed by atoms with Crippen molar-refractivity contribution in [2.75, 3.05) is 6.61 Å². The molecule has 0 spiro atoms. The van der Waals surface area contributed by atoms with Crippen LogP contribution in [0, 0.1) is 6.92 Å². The lowest BCUT2D eigenvalue weighted by molar-refractivity contribution is 0.265. The van der Waals surface area contributed by atoms with Gasteiger partial charge in [0.25, 0.3) is 0 Å². The van der Waals surface area contributed by atoms with Crippen LogP contribution in [0.1, 0.15) is 17.4 Å². The van der Waals surface area contributed by atoms with E-state index >= 15 is 0 Å². The number of azide groups is 1. The summed E-state index contributed by atoms with van der Waals surface area (Å²) in [5, 5.41) is 12.3. The van der Waals surface area contributed by atoms with Crippen LogP contribution in [-0.4, -0.2) is 16.7 Å². The van der Waals surface area contributed by atoms with E-state index in [4.69, 9.17) is 10.6 Å². The van der Waals surface area contributed by atoms with Crippen molar-refractivity contribution >= 4 is 0 Å². The largest absolute Gasteiger partial charge is 0.396 e. The number of nitrogens with zero attached hydrogens (tertiary/aromatic N) is 4. The predicted molar refractivity (Wildman–Crippen MR) is 47.9 cm³/mol. The van der Waals surface area contributed by atoms with E-state index in [2.05, 4.69) is 15.0 Å². The van der Waals surface area contributed by atoms with Crippen molar-refractivity contribution in [3.05, 3.63) is 40.0 Å². The van der Waals surface area contributed by atoms with Crippen LogP contribution in [0.3, 0.4) is 0 Å². The standard InChI is InChI=1S/C8H10N4O/c1-6-3-2-4-7(10-6)8(5-13)11-12-9/h2-4,8,13H,5H2,1H3. The SMILES string of the molecule is Cc1cccc(C(CO)N=[N+]=[N-])n1. The first-order chi connectivity index (χ1) is 6.27. The monoisotopic (exact) mass is 178 g/mol. The summed E-state index contributed by atoms with van der Waals surface area (Å²) in [5.41, 5.74) is 9.65. The van der Waals surface area contributed by atoms with Gasteiger partial charge >= 0.3 is 0 Å². The zero-order valence-corrected chi connectivity index (χ0v) is 7.25. The van der Waals surface area contributed by atoms with Gasteiger partial charge in [-0.2, -0.15) is 0 Å². The van der Waals surface area contributed by atoms with Crippen LogP contribution in [0.4, 0.5) is 0 Å². The van der Waals surface area contributed by atoms with Crippen molar-refractivity contribution in [3.8, 4) is 0 Å². The summed E-state index contributed by atoms with van der Waals surface area (Å²) in [7, 11) is 0. The summed E-state index contributed by atoms with van der Waals surface area (Å²) in [4.78, 5) is 6.78. The topological polar surface area (TPSA) is 81.9 Å². The molecule has 0 aliphatic heterocycles. The van der Waals surface area contributed by atoms with Crippen LogP contribution in [0.5, 0.6) is 0 Å². The van der Waals surface area contributed by atoms with Gasteiger partial charge < -0.3 is 5.11 Å². The minimum absolute atomic E-state index is 0.222. The van der Waals surface area contributed by atoms with Crippen LogP contribution in [-0.2, 0) is 0 Å². The van der Waals surface area contributed by atoms with Crippen molar-refractivity contribution in [1.29, 1.82) is 0 Å². The van der Waals surface area contributed by atoms with Gasteiger partial charge in [0.15, 0.2) is 0 Å². The maximum Gasteiger partial charge on any atom is 0.103 e. The van der Waals surface area contributed by atoms with Crippen molar-refractivity contribution < 1.29 is 5.11 Å². The maximum absolute atomic E-state index is 8.90. The van der Waals surface area contributed by atoms with Crippen LogP contribution in [0.25, 0.3) is 10.4 Å².